The van der Waals surface area contributed by atoms with Crippen LogP contribution in [0.25, 0.3) is 0 Å². The third-order valence-corrected chi connectivity index (χ3v) is 5.11. The molecule has 4 nitrogen and oxygen atoms in total. The first-order valence-electron chi connectivity index (χ1n) is 5.09. The third kappa shape index (κ3) is 5.38. The Morgan fingerprint density at radius 2 is 1.79 bits per heavy atom. The predicted molar refractivity (Wildman–Crippen MR) is 85.1 cm³/mol. The van der Waals surface area contributed by atoms with Crippen LogP contribution in [0.5, 0.6) is 0 Å². The van der Waals surface area contributed by atoms with E-state index in [0.717, 1.165) is 0 Å². The Bertz CT molecular complexity index is 517. The van der Waals surface area contributed by atoms with Gasteiger partial charge in [0, 0.05) is 17.1 Å². The Balaban J connectivity index is 0.00000324. The van der Waals surface area contributed by atoms with Crippen LogP contribution in [0.15, 0.2) is 21.5 Å². The summed E-state index contributed by atoms with van der Waals surface area (Å²) < 4.78 is 27.2. The Hall–Kier alpha value is 0.440. The molecule has 1 aromatic carbocycles. The summed E-state index contributed by atoms with van der Waals surface area (Å²) in [7, 11) is -1.97. The van der Waals surface area contributed by atoms with E-state index < -0.39 is 10.0 Å². The van der Waals surface area contributed by atoms with Gasteiger partial charge >= 0.3 is 0 Å². The molecule has 1 aromatic rings. The molecule has 0 aliphatic carbocycles. The van der Waals surface area contributed by atoms with Crippen molar-refractivity contribution in [2.45, 2.75) is 17.9 Å². The standard InChI is InChI=1S/C10H13BrCl2N2O2S.ClH/c1-6(14-2)5-15-18(16,17)10-8(12)3-7(11)4-9(10)13;/h3-4,6,14-15H,5H2,1-2H3;1H. The highest BCUT2D eigenvalue weighted by Gasteiger charge is 2.22. The van der Waals surface area contributed by atoms with Gasteiger partial charge in [0.2, 0.25) is 10.0 Å². The zero-order valence-electron chi connectivity index (χ0n) is 10.2. The molecule has 0 bridgehead atoms. The third-order valence-electron chi connectivity index (χ3n) is 2.30. The minimum absolute atomic E-state index is 0. The first-order chi connectivity index (χ1) is 8.27. The molecule has 1 atom stereocenters. The van der Waals surface area contributed by atoms with Crippen molar-refractivity contribution in [2.75, 3.05) is 13.6 Å². The normalized spacial score (nSPS) is 12.9. The second kappa shape index (κ2) is 8.02. The maximum atomic E-state index is 12.1. The minimum atomic E-state index is -3.72. The average molecular weight is 413 g/mol. The number of rotatable bonds is 5. The van der Waals surface area contributed by atoms with Gasteiger partial charge in [0.1, 0.15) is 4.90 Å². The molecular weight excluding hydrogens is 398 g/mol. The van der Waals surface area contributed by atoms with E-state index in [9.17, 15) is 8.42 Å². The molecule has 1 unspecified atom stereocenters. The summed E-state index contributed by atoms with van der Waals surface area (Å²) in [4.78, 5) is -0.0997. The van der Waals surface area contributed by atoms with Crippen molar-refractivity contribution in [1.82, 2.24) is 10.0 Å². The van der Waals surface area contributed by atoms with Gasteiger partial charge in [-0.2, -0.15) is 0 Å². The maximum Gasteiger partial charge on any atom is 0.243 e. The van der Waals surface area contributed by atoms with Crippen molar-refractivity contribution in [1.29, 1.82) is 0 Å². The van der Waals surface area contributed by atoms with Crippen molar-refractivity contribution >= 4 is 61.6 Å². The lowest BCUT2D eigenvalue weighted by molar-refractivity contribution is 0.554. The Labute approximate surface area is 137 Å². The molecule has 0 amide bonds. The van der Waals surface area contributed by atoms with E-state index in [-0.39, 0.29) is 39.9 Å². The van der Waals surface area contributed by atoms with E-state index in [1.807, 2.05) is 6.92 Å². The Morgan fingerprint density at radius 1 is 1.32 bits per heavy atom. The van der Waals surface area contributed by atoms with Crippen molar-refractivity contribution < 1.29 is 8.42 Å². The lowest BCUT2D eigenvalue weighted by atomic mass is 10.4. The summed E-state index contributed by atoms with van der Waals surface area (Å²) in [6, 6.07) is 2.99. The van der Waals surface area contributed by atoms with Gasteiger partial charge in [-0.15, -0.1) is 12.4 Å². The van der Waals surface area contributed by atoms with E-state index in [2.05, 4.69) is 26.0 Å². The first-order valence-corrected chi connectivity index (χ1v) is 8.12. The highest BCUT2D eigenvalue weighted by atomic mass is 79.9. The fourth-order valence-corrected chi connectivity index (χ4v) is 4.26. The molecule has 0 aromatic heterocycles. The van der Waals surface area contributed by atoms with Crippen molar-refractivity contribution in [3.05, 3.63) is 26.7 Å². The monoisotopic (exact) mass is 410 g/mol. The van der Waals surface area contributed by atoms with Gasteiger partial charge < -0.3 is 5.32 Å². The molecule has 110 valence electrons. The SMILES string of the molecule is CNC(C)CNS(=O)(=O)c1c(Cl)cc(Br)cc1Cl.Cl. The second-order valence-corrected chi connectivity index (χ2v) is 7.17. The quantitative estimate of drug-likeness (QED) is 0.782. The zero-order chi connectivity index (χ0) is 13.9. The van der Waals surface area contributed by atoms with Gasteiger partial charge in [0.05, 0.1) is 10.0 Å². The van der Waals surface area contributed by atoms with Gasteiger partial charge in [-0.25, -0.2) is 13.1 Å². The van der Waals surface area contributed by atoms with Gasteiger partial charge in [-0.3, -0.25) is 0 Å². The molecule has 0 radical (unpaired) electrons. The number of benzene rings is 1. The molecule has 19 heavy (non-hydrogen) atoms. The zero-order valence-corrected chi connectivity index (χ0v) is 14.9. The number of hydrogen-bond donors (Lipinski definition) is 2. The summed E-state index contributed by atoms with van der Waals surface area (Å²) in [6.45, 7) is 2.11. The van der Waals surface area contributed by atoms with E-state index in [1.54, 1.807) is 7.05 Å². The summed E-state index contributed by atoms with van der Waals surface area (Å²) in [5.74, 6) is 0. The van der Waals surface area contributed by atoms with Crippen LogP contribution in [0.4, 0.5) is 0 Å². The van der Waals surface area contributed by atoms with E-state index in [4.69, 9.17) is 23.2 Å². The highest BCUT2D eigenvalue weighted by Crippen LogP contribution is 2.32. The number of likely N-dealkylation sites (N-methyl/N-ethyl adjacent to an activating group) is 1. The largest absolute Gasteiger partial charge is 0.316 e. The fraction of sp³-hybridized carbons (Fsp3) is 0.400. The molecule has 2 N–H and O–H groups in total. The van der Waals surface area contributed by atoms with E-state index in [0.29, 0.717) is 4.47 Å². The fourth-order valence-electron chi connectivity index (χ4n) is 1.19. The van der Waals surface area contributed by atoms with E-state index >= 15 is 0 Å². The minimum Gasteiger partial charge on any atom is -0.316 e. The number of nitrogens with one attached hydrogen (secondary N) is 2. The molecule has 0 spiro atoms. The van der Waals surface area contributed by atoms with Crippen LogP contribution in [0.3, 0.4) is 0 Å². The molecule has 0 aliphatic heterocycles. The van der Waals surface area contributed by atoms with Crippen LogP contribution in [0, 0.1) is 0 Å². The summed E-state index contributed by atoms with van der Waals surface area (Å²) >= 11 is 15.0. The Morgan fingerprint density at radius 3 is 2.21 bits per heavy atom. The first kappa shape index (κ1) is 19.4. The molecule has 9 heteroatoms. The Kier molecular flexibility index (Phi) is 8.21. The van der Waals surface area contributed by atoms with Crippen LogP contribution in [-0.2, 0) is 10.0 Å². The highest BCUT2D eigenvalue weighted by molar-refractivity contribution is 9.10. The molecule has 0 saturated heterocycles. The lowest BCUT2D eigenvalue weighted by Gasteiger charge is -2.13. The van der Waals surface area contributed by atoms with Gasteiger partial charge in [0.25, 0.3) is 0 Å². The van der Waals surface area contributed by atoms with Crippen molar-refractivity contribution in [3.8, 4) is 0 Å². The number of halogens is 4. The summed E-state index contributed by atoms with van der Waals surface area (Å²) in [5, 5.41) is 3.09. The molecule has 0 heterocycles. The predicted octanol–water partition coefficient (Wildman–Crippen LogP) is 3.06. The second-order valence-electron chi connectivity index (χ2n) is 3.74. The number of sulfonamides is 1. The molecule has 0 saturated carbocycles. The van der Waals surface area contributed by atoms with Crippen molar-refractivity contribution in [3.63, 3.8) is 0 Å². The van der Waals surface area contributed by atoms with Crippen LogP contribution in [0.2, 0.25) is 10.0 Å². The molecule has 0 fully saturated rings. The number of hydrogen-bond acceptors (Lipinski definition) is 3. The van der Waals surface area contributed by atoms with Gasteiger partial charge in [0.15, 0.2) is 0 Å². The van der Waals surface area contributed by atoms with Crippen LogP contribution < -0.4 is 10.0 Å². The van der Waals surface area contributed by atoms with Crippen LogP contribution >= 0.6 is 51.5 Å². The van der Waals surface area contributed by atoms with Gasteiger partial charge in [-0.05, 0) is 26.1 Å². The van der Waals surface area contributed by atoms with E-state index in [1.165, 1.54) is 12.1 Å². The smallest absolute Gasteiger partial charge is 0.243 e. The van der Waals surface area contributed by atoms with Crippen LogP contribution in [0.1, 0.15) is 6.92 Å². The van der Waals surface area contributed by atoms with Gasteiger partial charge in [-0.1, -0.05) is 39.1 Å². The lowest BCUT2D eigenvalue weighted by Crippen LogP contribution is -2.37. The molecular formula is C10H14BrCl3N2O2S. The molecule has 0 aliphatic rings. The van der Waals surface area contributed by atoms with Crippen LogP contribution in [-0.4, -0.2) is 28.1 Å². The maximum absolute atomic E-state index is 12.1. The summed E-state index contributed by atoms with van der Waals surface area (Å²) in [5.41, 5.74) is 0. The van der Waals surface area contributed by atoms with Crippen molar-refractivity contribution in [2.24, 2.45) is 0 Å². The summed E-state index contributed by atoms with van der Waals surface area (Å²) in [6.07, 6.45) is 0. The topological polar surface area (TPSA) is 58.2 Å². The average Bonchev–Trinajstić information content (AvgIpc) is 2.24. The molecule has 1 rings (SSSR count).